The SMILES string of the molecule is COc1nc(-c2cccc(Br)c2Cl)ccc1CN(C)[C@@H]1CCOC[C@@H]1O. The van der Waals surface area contributed by atoms with Crippen molar-refractivity contribution in [3.63, 3.8) is 0 Å². The van der Waals surface area contributed by atoms with Gasteiger partial charge in [-0.15, -0.1) is 0 Å². The van der Waals surface area contributed by atoms with Gasteiger partial charge in [-0.05, 0) is 41.5 Å². The van der Waals surface area contributed by atoms with Crippen molar-refractivity contribution in [3.05, 3.63) is 45.4 Å². The van der Waals surface area contributed by atoms with Gasteiger partial charge >= 0.3 is 0 Å². The quantitative estimate of drug-likeness (QED) is 0.766. The molecule has 7 heteroatoms. The highest BCUT2D eigenvalue weighted by atomic mass is 79.9. The van der Waals surface area contributed by atoms with Crippen LogP contribution in [-0.4, -0.2) is 54.5 Å². The Morgan fingerprint density at radius 3 is 2.92 bits per heavy atom. The van der Waals surface area contributed by atoms with E-state index in [0.29, 0.717) is 30.7 Å². The van der Waals surface area contributed by atoms with Gasteiger partial charge in [-0.3, -0.25) is 4.90 Å². The molecule has 2 atom stereocenters. The zero-order valence-electron chi connectivity index (χ0n) is 14.8. The van der Waals surface area contributed by atoms with E-state index in [-0.39, 0.29) is 6.04 Å². The smallest absolute Gasteiger partial charge is 0.218 e. The van der Waals surface area contributed by atoms with Crippen molar-refractivity contribution in [1.82, 2.24) is 9.88 Å². The van der Waals surface area contributed by atoms with Gasteiger partial charge < -0.3 is 14.6 Å². The van der Waals surface area contributed by atoms with E-state index in [1.54, 1.807) is 7.11 Å². The van der Waals surface area contributed by atoms with Crippen LogP contribution in [0.4, 0.5) is 0 Å². The van der Waals surface area contributed by atoms with Crippen LogP contribution in [0.15, 0.2) is 34.8 Å². The molecule has 1 saturated heterocycles. The van der Waals surface area contributed by atoms with E-state index in [0.717, 1.165) is 27.7 Å². The number of pyridine rings is 1. The molecular weight excluding hydrogens is 420 g/mol. The number of benzene rings is 1. The van der Waals surface area contributed by atoms with Gasteiger partial charge in [0, 0.05) is 34.8 Å². The Balaban J connectivity index is 1.84. The number of hydrogen-bond donors (Lipinski definition) is 1. The fourth-order valence-electron chi connectivity index (χ4n) is 3.23. The van der Waals surface area contributed by atoms with E-state index < -0.39 is 6.10 Å². The van der Waals surface area contributed by atoms with Gasteiger partial charge in [-0.2, -0.15) is 0 Å². The molecule has 5 nitrogen and oxygen atoms in total. The predicted molar refractivity (Wildman–Crippen MR) is 106 cm³/mol. The van der Waals surface area contributed by atoms with Crippen molar-refractivity contribution in [2.75, 3.05) is 27.4 Å². The second-order valence-electron chi connectivity index (χ2n) is 6.38. The number of likely N-dealkylation sites (N-methyl/N-ethyl adjacent to an activating group) is 1. The molecule has 1 aromatic carbocycles. The Kier molecular flexibility index (Phi) is 6.53. The normalized spacial score (nSPS) is 20.4. The van der Waals surface area contributed by atoms with Crippen molar-refractivity contribution in [2.45, 2.75) is 25.1 Å². The third kappa shape index (κ3) is 4.21. The van der Waals surface area contributed by atoms with Crippen molar-refractivity contribution in [1.29, 1.82) is 0 Å². The molecule has 140 valence electrons. The second-order valence-corrected chi connectivity index (χ2v) is 7.61. The number of ether oxygens (including phenoxy) is 2. The van der Waals surface area contributed by atoms with E-state index in [4.69, 9.17) is 21.1 Å². The summed E-state index contributed by atoms with van der Waals surface area (Å²) in [6.07, 6.45) is 0.325. The molecule has 1 fully saturated rings. The van der Waals surface area contributed by atoms with Crippen LogP contribution in [0.25, 0.3) is 11.3 Å². The van der Waals surface area contributed by atoms with E-state index >= 15 is 0 Å². The van der Waals surface area contributed by atoms with Crippen molar-refractivity contribution in [3.8, 4) is 17.1 Å². The molecule has 1 aromatic heterocycles. The zero-order valence-corrected chi connectivity index (χ0v) is 17.1. The number of aromatic nitrogens is 1. The number of halogens is 2. The van der Waals surface area contributed by atoms with Gasteiger partial charge in [0.25, 0.3) is 0 Å². The molecule has 0 spiro atoms. The second kappa shape index (κ2) is 8.67. The predicted octanol–water partition coefficient (Wildman–Crippen LogP) is 3.75. The van der Waals surface area contributed by atoms with Crippen LogP contribution in [-0.2, 0) is 11.3 Å². The number of rotatable bonds is 5. The molecule has 2 aromatic rings. The first-order valence-electron chi connectivity index (χ1n) is 8.45. The lowest BCUT2D eigenvalue weighted by Crippen LogP contribution is -2.46. The molecule has 1 aliphatic rings. The molecule has 26 heavy (non-hydrogen) atoms. The van der Waals surface area contributed by atoms with Crippen LogP contribution < -0.4 is 4.74 Å². The average molecular weight is 442 g/mol. The van der Waals surface area contributed by atoms with Crippen LogP contribution in [0.1, 0.15) is 12.0 Å². The van der Waals surface area contributed by atoms with E-state index in [1.807, 2.05) is 37.4 Å². The maximum atomic E-state index is 10.2. The summed E-state index contributed by atoms with van der Waals surface area (Å²) >= 11 is 9.83. The molecule has 0 unspecified atom stereocenters. The third-order valence-corrected chi connectivity index (χ3v) is 5.93. The monoisotopic (exact) mass is 440 g/mol. The maximum absolute atomic E-state index is 10.2. The Labute approximate surface area is 167 Å². The first-order chi connectivity index (χ1) is 12.5. The molecule has 3 rings (SSSR count). The molecule has 0 radical (unpaired) electrons. The largest absolute Gasteiger partial charge is 0.481 e. The number of aliphatic hydroxyl groups excluding tert-OH is 1. The highest BCUT2D eigenvalue weighted by Gasteiger charge is 2.28. The molecule has 1 N–H and O–H groups in total. The topological polar surface area (TPSA) is 54.8 Å². The zero-order chi connectivity index (χ0) is 18.7. The van der Waals surface area contributed by atoms with E-state index in [9.17, 15) is 5.11 Å². The van der Waals surface area contributed by atoms with Gasteiger partial charge in [-0.1, -0.05) is 29.8 Å². The van der Waals surface area contributed by atoms with Crippen LogP contribution in [0, 0.1) is 0 Å². The third-order valence-electron chi connectivity index (χ3n) is 4.64. The van der Waals surface area contributed by atoms with Gasteiger partial charge in [0.1, 0.15) is 0 Å². The fraction of sp³-hybridized carbons (Fsp3) is 0.421. The summed E-state index contributed by atoms with van der Waals surface area (Å²) in [6.45, 7) is 1.68. The summed E-state index contributed by atoms with van der Waals surface area (Å²) in [4.78, 5) is 6.76. The molecule has 2 heterocycles. The standard InChI is InChI=1S/C19H22BrClN2O3/c1-23(16-8-9-26-11-17(16)24)10-12-6-7-15(22-19(12)25-2)13-4-3-5-14(20)18(13)21/h3-7,16-17,24H,8-11H2,1-2H3/t16-,17+/m1/s1. The van der Waals surface area contributed by atoms with Gasteiger partial charge in [0.2, 0.25) is 5.88 Å². The summed E-state index contributed by atoms with van der Waals surface area (Å²) in [5, 5.41) is 10.8. The Bertz CT molecular complexity index is 774. The summed E-state index contributed by atoms with van der Waals surface area (Å²) in [5.74, 6) is 0.562. The number of nitrogens with zero attached hydrogens (tertiary/aromatic N) is 2. The number of methoxy groups -OCH3 is 1. The molecule has 1 aliphatic heterocycles. The summed E-state index contributed by atoms with van der Waals surface area (Å²) < 4.78 is 11.7. The Morgan fingerprint density at radius 1 is 1.38 bits per heavy atom. The minimum Gasteiger partial charge on any atom is -0.481 e. The number of aliphatic hydroxyl groups is 1. The molecule has 0 amide bonds. The van der Waals surface area contributed by atoms with Crippen LogP contribution in [0.2, 0.25) is 5.02 Å². The Morgan fingerprint density at radius 2 is 2.19 bits per heavy atom. The first kappa shape index (κ1) is 19.6. The number of hydrogen-bond acceptors (Lipinski definition) is 5. The first-order valence-corrected chi connectivity index (χ1v) is 9.62. The lowest BCUT2D eigenvalue weighted by Gasteiger charge is -2.35. The van der Waals surface area contributed by atoms with Crippen molar-refractivity contribution >= 4 is 27.5 Å². The summed E-state index contributed by atoms with van der Waals surface area (Å²) in [7, 11) is 3.61. The van der Waals surface area contributed by atoms with Gasteiger partial charge in [-0.25, -0.2) is 4.98 Å². The van der Waals surface area contributed by atoms with Gasteiger partial charge in [0.05, 0.1) is 30.5 Å². The van der Waals surface area contributed by atoms with Crippen molar-refractivity contribution in [2.24, 2.45) is 0 Å². The van der Waals surface area contributed by atoms with Crippen molar-refractivity contribution < 1.29 is 14.6 Å². The van der Waals surface area contributed by atoms with Crippen LogP contribution in [0.3, 0.4) is 0 Å². The highest BCUT2D eigenvalue weighted by Crippen LogP contribution is 2.34. The molecule has 0 aliphatic carbocycles. The summed E-state index contributed by atoms with van der Waals surface area (Å²) in [6, 6.07) is 9.76. The fourth-order valence-corrected chi connectivity index (χ4v) is 3.82. The lowest BCUT2D eigenvalue weighted by atomic mass is 10.0. The van der Waals surface area contributed by atoms with Crippen LogP contribution in [0.5, 0.6) is 5.88 Å². The van der Waals surface area contributed by atoms with E-state index in [1.165, 1.54) is 0 Å². The lowest BCUT2D eigenvalue weighted by molar-refractivity contribution is -0.0606. The molecule has 0 saturated carbocycles. The Hall–Kier alpha value is -1.18. The maximum Gasteiger partial charge on any atom is 0.218 e. The van der Waals surface area contributed by atoms with Gasteiger partial charge in [0.15, 0.2) is 0 Å². The minimum absolute atomic E-state index is 0.0626. The van der Waals surface area contributed by atoms with E-state index in [2.05, 4.69) is 25.8 Å². The van der Waals surface area contributed by atoms with Crippen LogP contribution >= 0.6 is 27.5 Å². The molecule has 0 bridgehead atoms. The molecular formula is C19H22BrClN2O3. The average Bonchev–Trinajstić information content (AvgIpc) is 2.64. The summed E-state index contributed by atoms with van der Waals surface area (Å²) in [5.41, 5.74) is 2.56. The minimum atomic E-state index is -0.479. The highest BCUT2D eigenvalue weighted by molar-refractivity contribution is 9.10.